The summed E-state index contributed by atoms with van der Waals surface area (Å²) in [6.45, 7) is 8.97. The molecule has 6 heteroatoms. The van der Waals surface area contributed by atoms with Gasteiger partial charge in [-0.3, -0.25) is 4.79 Å². The van der Waals surface area contributed by atoms with Gasteiger partial charge < -0.3 is 10.3 Å². The number of benzene rings is 1. The second-order valence-electron chi connectivity index (χ2n) is 8.18. The number of H-pyrrole nitrogens is 1. The van der Waals surface area contributed by atoms with Crippen LogP contribution in [0.4, 0.5) is 0 Å². The van der Waals surface area contributed by atoms with E-state index in [0.717, 1.165) is 34.2 Å². The van der Waals surface area contributed by atoms with Crippen molar-refractivity contribution in [2.75, 3.05) is 6.54 Å². The smallest absolute Gasteiger partial charge is 0.220 e. The zero-order valence-corrected chi connectivity index (χ0v) is 18.1. The first kappa shape index (κ1) is 20.1. The minimum Gasteiger partial charge on any atom is -0.361 e. The summed E-state index contributed by atoms with van der Waals surface area (Å²) in [7, 11) is 0. The molecule has 0 spiro atoms. The van der Waals surface area contributed by atoms with Gasteiger partial charge in [0.2, 0.25) is 5.91 Å². The summed E-state index contributed by atoms with van der Waals surface area (Å²) in [5.74, 6) is 0.0756. The molecule has 0 aliphatic rings. The van der Waals surface area contributed by atoms with Crippen LogP contribution in [0.15, 0.2) is 36.7 Å². The predicted octanol–water partition coefficient (Wildman–Crippen LogP) is 4.40. The van der Waals surface area contributed by atoms with Crippen molar-refractivity contribution in [1.82, 2.24) is 25.1 Å². The quantitative estimate of drug-likeness (QED) is 0.480. The van der Waals surface area contributed by atoms with Gasteiger partial charge in [-0.15, -0.1) is 0 Å². The maximum absolute atomic E-state index is 12.4. The maximum atomic E-state index is 12.4. The van der Waals surface area contributed by atoms with Crippen LogP contribution < -0.4 is 5.32 Å². The third-order valence-corrected chi connectivity index (χ3v) is 5.82. The molecule has 6 nitrogen and oxygen atoms in total. The van der Waals surface area contributed by atoms with Gasteiger partial charge in [0, 0.05) is 47.2 Å². The Bertz CT molecular complexity index is 1200. The van der Waals surface area contributed by atoms with Gasteiger partial charge in [-0.25, -0.2) is 9.67 Å². The van der Waals surface area contributed by atoms with Crippen LogP contribution in [-0.4, -0.2) is 32.2 Å². The molecule has 1 aromatic carbocycles. The zero-order valence-electron chi connectivity index (χ0n) is 18.1. The molecule has 156 valence electrons. The molecular formula is C24H29N5O. The summed E-state index contributed by atoms with van der Waals surface area (Å²) in [6.07, 6.45) is 5.88. The van der Waals surface area contributed by atoms with Gasteiger partial charge in [-0.1, -0.05) is 18.2 Å². The van der Waals surface area contributed by atoms with Gasteiger partial charge in [0.15, 0.2) is 5.65 Å². The number of nitrogens with zero attached hydrogens (tertiary/aromatic N) is 3. The van der Waals surface area contributed by atoms with E-state index in [1.807, 2.05) is 36.1 Å². The summed E-state index contributed by atoms with van der Waals surface area (Å²) in [5, 5.41) is 9.85. The van der Waals surface area contributed by atoms with Crippen molar-refractivity contribution in [3.8, 4) is 0 Å². The highest BCUT2D eigenvalue weighted by Gasteiger charge is 2.15. The van der Waals surface area contributed by atoms with Crippen molar-refractivity contribution in [3.05, 3.63) is 59.0 Å². The van der Waals surface area contributed by atoms with E-state index in [1.54, 1.807) is 0 Å². The highest BCUT2D eigenvalue weighted by molar-refractivity contribution is 5.83. The largest absolute Gasteiger partial charge is 0.361 e. The Morgan fingerprint density at radius 3 is 2.77 bits per heavy atom. The van der Waals surface area contributed by atoms with E-state index in [2.05, 4.69) is 48.3 Å². The fourth-order valence-corrected chi connectivity index (χ4v) is 4.14. The summed E-state index contributed by atoms with van der Waals surface area (Å²) in [4.78, 5) is 20.5. The molecule has 0 atom stereocenters. The van der Waals surface area contributed by atoms with E-state index in [1.165, 1.54) is 16.5 Å². The molecule has 4 rings (SSSR count). The average molecular weight is 404 g/mol. The Hall–Kier alpha value is -3.15. The average Bonchev–Trinajstić information content (AvgIpc) is 3.32. The second-order valence-corrected chi connectivity index (χ2v) is 8.18. The van der Waals surface area contributed by atoms with E-state index in [9.17, 15) is 4.79 Å². The van der Waals surface area contributed by atoms with Gasteiger partial charge in [0.25, 0.3) is 0 Å². The van der Waals surface area contributed by atoms with E-state index < -0.39 is 0 Å². The van der Waals surface area contributed by atoms with Gasteiger partial charge in [-0.05, 0) is 63.3 Å². The number of para-hydroxylation sites is 1. The molecule has 0 saturated heterocycles. The fourth-order valence-electron chi connectivity index (χ4n) is 4.14. The third kappa shape index (κ3) is 3.82. The minimum atomic E-state index is 0.0756. The number of nitrogens with one attached hydrogen (secondary N) is 2. The lowest BCUT2D eigenvalue weighted by Gasteiger charge is -2.12. The van der Waals surface area contributed by atoms with Crippen LogP contribution in [0, 0.1) is 13.8 Å². The van der Waals surface area contributed by atoms with Crippen molar-refractivity contribution in [2.45, 2.75) is 53.0 Å². The van der Waals surface area contributed by atoms with Crippen molar-refractivity contribution >= 4 is 27.8 Å². The number of carbonyl (C=O) groups excluding carboxylic acids is 1. The Morgan fingerprint density at radius 1 is 1.17 bits per heavy atom. The van der Waals surface area contributed by atoms with Crippen LogP contribution in [0.5, 0.6) is 0 Å². The van der Waals surface area contributed by atoms with Crippen molar-refractivity contribution in [3.63, 3.8) is 0 Å². The molecule has 0 fully saturated rings. The number of fused-ring (bicyclic) bond motifs is 2. The molecule has 1 amide bonds. The standard InChI is InChI=1S/C24H29N5O/c1-15(2)29-24-21(14-27-29)16(3)19(17(4)28-24)9-10-23(30)25-12-11-18-13-26-22-8-6-5-7-20(18)22/h5-8,13-15,26H,9-12H2,1-4H3,(H,25,30). The van der Waals surface area contributed by atoms with Crippen molar-refractivity contribution < 1.29 is 4.79 Å². The number of carbonyl (C=O) groups is 1. The van der Waals surface area contributed by atoms with E-state index >= 15 is 0 Å². The Morgan fingerprint density at radius 2 is 1.97 bits per heavy atom. The molecule has 3 heterocycles. The third-order valence-electron chi connectivity index (χ3n) is 5.82. The lowest BCUT2D eigenvalue weighted by atomic mass is 10.0. The highest BCUT2D eigenvalue weighted by Crippen LogP contribution is 2.25. The monoisotopic (exact) mass is 403 g/mol. The topological polar surface area (TPSA) is 75.6 Å². The van der Waals surface area contributed by atoms with Crippen molar-refractivity contribution in [1.29, 1.82) is 0 Å². The van der Waals surface area contributed by atoms with E-state index in [4.69, 9.17) is 4.98 Å². The molecule has 0 unspecified atom stereocenters. The Balaban J connectivity index is 1.37. The number of amides is 1. The molecule has 0 aliphatic heterocycles. The van der Waals surface area contributed by atoms with Crippen LogP contribution in [0.3, 0.4) is 0 Å². The lowest BCUT2D eigenvalue weighted by molar-refractivity contribution is -0.121. The number of aryl methyl sites for hydroxylation is 2. The van der Waals surface area contributed by atoms with Gasteiger partial charge in [0.05, 0.1) is 6.20 Å². The number of hydrogen-bond acceptors (Lipinski definition) is 3. The Labute approximate surface area is 176 Å². The Kier molecular flexibility index (Phi) is 5.57. The zero-order chi connectivity index (χ0) is 21.3. The van der Waals surface area contributed by atoms with Crippen LogP contribution in [0.2, 0.25) is 0 Å². The van der Waals surface area contributed by atoms with E-state index in [0.29, 0.717) is 19.4 Å². The normalized spacial score (nSPS) is 11.6. The number of pyridine rings is 1. The van der Waals surface area contributed by atoms with Crippen LogP contribution in [0.1, 0.15) is 48.7 Å². The highest BCUT2D eigenvalue weighted by atomic mass is 16.1. The number of rotatable bonds is 7. The molecule has 30 heavy (non-hydrogen) atoms. The van der Waals surface area contributed by atoms with Crippen molar-refractivity contribution in [2.24, 2.45) is 0 Å². The van der Waals surface area contributed by atoms with Gasteiger partial charge >= 0.3 is 0 Å². The molecule has 0 bridgehead atoms. The summed E-state index contributed by atoms with van der Waals surface area (Å²) in [5.41, 5.74) is 6.59. The number of aromatic amines is 1. The molecule has 0 aliphatic carbocycles. The second kappa shape index (κ2) is 8.30. The fraction of sp³-hybridized carbons (Fsp3) is 0.375. The molecule has 3 aromatic heterocycles. The summed E-state index contributed by atoms with van der Waals surface area (Å²) < 4.78 is 1.95. The first-order valence-electron chi connectivity index (χ1n) is 10.6. The van der Waals surface area contributed by atoms with Crippen LogP contribution in [-0.2, 0) is 17.6 Å². The summed E-state index contributed by atoms with van der Waals surface area (Å²) >= 11 is 0. The minimum absolute atomic E-state index is 0.0756. The molecular weight excluding hydrogens is 374 g/mol. The van der Waals surface area contributed by atoms with Gasteiger partial charge in [0.1, 0.15) is 0 Å². The SMILES string of the molecule is Cc1nc2c(cnn2C(C)C)c(C)c1CCC(=O)NCCc1c[nH]c2ccccc12. The molecule has 0 saturated carbocycles. The first-order valence-corrected chi connectivity index (χ1v) is 10.6. The van der Waals surface area contributed by atoms with Gasteiger partial charge in [-0.2, -0.15) is 5.10 Å². The maximum Gasteiger partial charge on any atom is 0.220 e. The molecule has 4 aromatic rings. The predicted molar refractivity (Wildman–Crippen MR) is 121 cm³/mol. The van der Waals surface area contributed by atoms with E-state index in [-0.39, 0.29) is 11.9 Å². The molecule has 0 radical (unpaired) electrons. The number of hydrogen-bond donors (Lipinski definition) is 2. The van der Waals surface area contributed by atoms with Crippen LogP contribution >= 0.6 is 0 Å². The lowest BCUT2D eigenvalue weighted by Crippen LogP contribution is -2.26. The molecule has 2 N–H and O–H groups in total. The number of aromatic nitrogens is 4. The summed E-state index contributed by atoms with van der Waals surface area (Å²) in [6, 6.07) is 8.51. The van der Waals surface area contributed by atoms with Crippen LogP contribution in [0.25, 0.3) is 21.9 Å². The first-order chi connectivity index (χ1) is 14.5.